The van der Waals surface area contributed by atoms with Crippen molar-refractivity contribution in [2.75, 3.05) is 19.1 Å². The van der Waals surface area contributed by atoms with Crippen LogP contribution in [0, 0.1) is 0 Å². The van der Waals surface area contributed by atoms with Gasteiger partial charge in [-0.15, -0.1) is 0 Å². The van der Waals surface area contributed by atoms with Crippen molar-refractivity contribution in [3.8, 4) is 5.75 Å². The van der Waals surface area contributed by atoms with Crippen LogP contribution in [0.5, 0.6) is 5.75 Å². The summed E-state index contributed by atoms with van der Waals surface area (Å²) in [4.78, 5) is 11.0. The molecule has 0 aliphatic heterocycles. The number of benzene rings is 1. The fourth-order valence-corrected chi connectivity index (χ4v) is 2.25. The largest absolute Gasteiger partial charge is 0.497 e. The summed E-state index contributed by atoms with van der Waals surface area (Å²) in [5.74, 6) is 1.78. The first kappa shape index (κ1) is 13.4. The number of ether oxygens (including phenoxy) is 1. The average molecular weight is 279 g/mol. The van der Waals surface area contributed by atoms with Crippen LogP contribution in [0.25, 0.3) is 10.9 Å². The van der Waals surface area contributed by atoms with E-state index in [9.17, 15) is 0 Å². The van der Waals surface area contributed by atoms with Gasteiger partial charge >= 0.3 is 0 Å². The molecular weight excluding hydrogens is 262 g/mol. The Morgan fingerprint density at radius 2 is 1.90 bits per heavy atom. The van der Waals surface area contributed by atoms with Crippen LogP contribution in [0.15, 0.2) is 54.9 Å². The minimum atomic E-state index is 0.787. The van der Waals surface area contributed by atoms with Gasteiger partial charge in [0, 0.05) is 37.4 Å². The van der Waals surface area contributed by atoms with E-state index in [0.717, 1.165) is 29.0 Å². The van der Waals surface area contributed by atoms with Crippen LogP contribution in [0.2, 0.25) is 0 Å². The van der Waals surface area contributed by atoms with Gasteiger partial charge in [0.1, 0.15) is 11.6 Å². The highest BCUT2D eigenvalue weighted by molar-refractivity contribution is 5.79. The SMILES string of the molecule is COc1ccc(CN(C)c2cc3ncccc3cn2)cc1. The average Bonchev–Trinajstić information content (AvgIpc) is 2.55. The molecule has 0 fully saturated rings. The van der Waals surface area contributed by atoms with E-state index in [1.807, 2.05) is 43.6 Å². The molecule has 21 heavy (non-hydrogen) atoms. The van der Waals surface area contributed by atoms with Gasteiger partial charge in [0.2, 0.25) is 0 Å². The molecule has 0 saturated carbocycles. The number of hydrogen-bond donors (Lipinski definition) is 0. The van der Waals surface area contributed by atoms with E-state index in [4.69, 9.17) is 4.74 Å². The zero-order chi connectivity index (χ0) is 14.7. The third kappa shape index (κ3) is 2.94. The van der Waals surface area contributed by atoms with Crippen LogP contribution in [0.3, 0.4) is 0 Å². The molecule has 106 valence electrons. The molecule has 0 unspecified atom stereocenters. The normalized spacial score (nSPS) is 10.6. The molecule has 0 amide bonds. The summed E-state index contributed by atoms with van der Waals surface area (Å²) in [7, 11) is 3.70. The van der Waals surface area contributed by atoms with Gasteiger partial charge in [-0.05, 0) is 29.8 Å². The van der Waals surface area contributed by atoms with Gasteiger partial charge < -0.3 is 9.64 Å². The predicted octanol–water partition coefficient (Wildman–Crippen LogP) is 3.27. The Hall–Kier alpha value is -2.62. The van der Waals surface area contributed by atoms with Crippen molar-refractivity contribution >= 4 is 16.7 Å². The molecule has 3 rings (SSSR count). The first-order chi connectivity index (χ1) is 10.3. The Bertz CT molecular complexity index is 740. The fraction of sp³-hybridized carbons (Fsp3) is 0.176. The van der Waals surface area contributed by atoms with Crippen LogP contribution in [-0.2, 0) is 6.54 Å². The summed E-state index contributed by atoms with van der Waals surface area (Å²) in [6, 6.07) is 14.0. The highest BCUT2D eigenvalue weighted by atomic mass is 16.5. The Morgan fingerprint density at radius 3 is 2.67 bits per heavy atom. The molecule has 1 aromatic carbocycles. The van der Waals surface area contributed by atoms with E-state index in [2.05, 4.69) is 27.0 Å². The number of nitrogens with zero attached hydrogens (tertiary/aromatic N) is 3. The number of rotatable bonds is 4. The predicted molar refractivity (Wildman–Crippen MR) is 84.6 cm³/mol. The number of fused-ring (bicyclic) bond motifs is 1. The van der Waals surface area contributed by atoms with Crippen molar-refractivity contribution in [3.05, 3.63) is 60.4 Å². The summed E-state index contributed by atoms with van der Waals surface area (Å²) in [6.45, 7) is 0.787. The summed E-state index contributed by atoms with van der Waals surface area (Å²) < 4.78 is 5.17. The zero-order valence-corrected chi connectivity index (χ0v) is 12.2. The van der Waals surface area contributed by atoms with Crippen molar-refractivity contribution < 1.29 is 4.74 Å². The first-order valence-electron chi connectivity index (χ1n) is 6.81. The van der Waals surface area contributed by atoms with Crippen LogP contribution in [-0.4, -0.2) is 24.1 Å². The maximum atomic E-state index is 5.17. The van der Waals surface area contributed by atoms with Crippen LogP contribution in [0.1, 0.15) is 5.56 Å². The van der Waals surface area contributed by atoms with Gasteiger partial charge in [0.05, 0.1) is 12.6 Å². The van der Waals surface area contributed by atoms with E-state index in [0.29, 0.717) is 0 Å². The molecule has 0 bridgehead atoms. The lowest BCUT2D eigenvalue weighted by Crippen LogP contribution is -2.17. The molecule has 0 radical (unpaired) electrons. The quantitative estimate of drug-likeness (QED) is 0.734. The fourth-order valence-electron chi connectivity index (χ4n) is 2.25. The van der Waals surface area contributed by atoms with E-state index >= 15 is 0 Å². The van der Waals surface area contributed by atoms with Gasteiger partial charge in [0.15, 0.2) is 0 Å². The van der Waals surface area contributed by atoms with Crippen molar-refractivity contribution in [1.29, 1.82) is 0 Å². The third-order valence-corrected chi connectivity index (χ3v) is 3.44. The number of methoxy groups -OCH3 is 1. The molecule has 0 aliphatic carbocycles. The Labute approximate surface area is 124 Å². The van der Waals surface area contributed by atoms with Gasteiger partial charge in [-0.2, -0.15) is 0 Å². The Balaban J connectivity index is 1.80. The van der Waals surface area contributed by atoms with Crippen LogP contribution < -0.4 is 9.64 Å². The lowest BCUT2D eigenvalue weighted by molar-refractivity contribution is 0.414. The maximum Gasteiger partial charge on any atom is 0.130 e. The number of aromatic nitrogens is 2. The molecule has 0 atom stereocenters. The molecule has 0 N–H and O–H groups in total. The first-order valence-corrected chi connectivity index (χ1v) is 6.81. The summed E-state index contributed by atoms with van der Waals surface area (Å²) >= 11 is 0. The second kappa shape index (κ2) is 5.79. The van der Waals surface area contributed by atoms with Gasteiger partial charge in [-0.1, -0.05) is 12.1 Å². The maximum absolute atomic E-state index is 5.17. The van der Waals surface area contributed by atoms with E-state index < -0.39 is 0 Å². The molecular formula is C17H17N3O. The summed E-state index contributed by atoms with van der Waals surface area (Å²) in [6.07, 6.45) is 3.66. The van der Waals surface area contributed by atoms with Crippen LogP contribution in [0.4, 0.5) is 5.82 Å². The van der Waals surface area contributed by atoms with Crippen molar-refractivity contribution in [2.45, 2.75) is 6.54 Å². The molecule has 0 saturated heterocycles. The molecule has 4 heteroatoms. The van der Waals surface area contributed by atoms with E-state index in [1.165, 1.54) is 5.56 Å². The Morgan fingerprint density at radius 1 is 1.10 bits per heavy atom. The molecule has 2 aromatic heterocycles. The minimum Gasteiger partial charge on any atom is -0.497 e. The third-order valence-electron chi connectivity index (χ3n) is 3.44. The van der Waals surface area contributed by atoms with Crippen molar-refractivity contribution in [2.24, 2.45) is 0 Å². The molecule has 0 aliphatic rings. The van der Waals surface area contributed by atoms with Gasteiger partial charge in [0.25, 0.3) is 0 Å². The number of anilines is 1. The summed E-state index contributed by atoms with van der Waals surface area (Å²) in [5, 5.41) is 1.05. The second-order valence-electron chi connectivity index (χ2n) is 4.94. The van der Waals surface area contributed by atoms with Crippen molar-refractivity contribution in [1.82, 2.24) is 9.97 Å². The second-order valence-corrected chi connectivity index (χ2v) is 4.94. The number of pyridine rings is 2. The van der Waals surface area contributed by atoms with Crippen molar-refractivity contribution in [3.63, 3.8) is 0 Å². The molecule has 4 nitrogen and oxygen atoms in total. The molecule has 0 spiro atoms. The van der Waals surface area contributed by atoms with E-state index in [-0.39, 0.29) is 0 Å². The van der Waals surface area contributed by atoms with Gasteiger partial charge in [-0.25, -0.2) is 4.98 Å². The lowest BCUT2D eigenvalue weighted by atomic mass is 10.2. The summed E-state index contributed by atoms with van der Waals surface area (Å²) in [5.41, 5.74) is 2.17. The monoisotopic (exact) mass is 279 g/mol. The Kier molecular flexibility index (Phi) is 3.69. The highest BCUT2D eigenvalue weighted by Crippen LogP contribution is 2.19. The lowest BCUT2D eigenvalue weighted by Gasteiger charge is -2.18. The van der Waals surface area contributed by atoms with E-state index in [1.54, 1.807) is 13.3 Å². The molecule has 2 heterocycles. The highest BCUT2D eigenvalue weighted by Gasteiger charge is 2.05. The smallest absolute Gasteiger partial charge is 0.130 e. The molecule has 3 aromatic rings. The van der Waals surface area contributed by atoms with Gasteiger partial charge in [-0.3, -0.25) is 4.98 Å². The minimum absolute atomic E-state index is 0.787. The number of hydrogen-bond acceptors (Lipinski definition) is 4. The topological polar surface area (TPSA) is 38.2 Å². The van der Waals surface area contributed by atoms with Crippen LogP contribution >= 0.6 is 0 Å². The zero-order valence-electron chi connectivity index (χ0n) is 12.2. The standard InChI is InChI=1S/C17H17N3O/c1-20(12-13-5-7-15(21-2)8-6-13)17-10-16-14(11-19-17)4-3-9-18-16/h3-11H,12H2,1-2H3.